The first-order valence-corrected chi connectivity index (χ1v) is 4.51. The molecule has 0 aromatic heterocycles. The van der Waals surface area contributed by atoms with Gasteiger partial charge in [-0.1, -0.05) is 0 Å². The van der Waals surface area contributed by atoms with Crippen molar-refractivity contribution in [2.24, 2.45) is 11.8 Å². The summed E-state index contributed by atoms with van der Waals surface area (Å²) in [6.07, 6.45) is 5.96. The molecule has 0 spiro atoms. The summed E-state index contributed by atoms with van der Waals surface area (Å²) in [5.41, 5.74) is 0. The van der Waals surface area contributed by atoms with Gasteiger partial charge in [0, 0.05) is 11.8 Å². The molecule has 1 N–H and O–H groups in total. The average Bonchev–Trinajstić information content (AvgIpc) is 2.17. The quantitative estimate of drug-likeness (QED) is 0.466. The lowest BCUT2D eigenvalue weighted by Crippen LogP contribution is -3.07. The molecule has 0 unspecified atom stereocenters. The predicted octanol–water partition coefficient (Wildman–Crippen LogP) is 0.483. The van der Waals surface area contributed by atoms with Gasteiger partial charge in [0.25, 0.3) is 0 Å². The summed E-state index contributed by atoms with van der Waals surface area (Å²) >= 11 is 0. The van der Waals surface area contributed by atoms with Crippen LogP contribution in [0.15, 0.2) is 0 Å². The Bertz CT molecular complexity index is 99.9. The van der Waals surface area contributed by atoms with E-state index in [-0.39, 0.29) is 0 Å². The molecule has 2 heterocycles. The predicted molar refractivity (Wildman–Crippen MR) is 41.5 cm³/mol. The van der Waals surface area contributed by atoms with Crippen LogP contribution in [-0.2, 0) is 0 Å². The first-order chi connectivity index (χ1) is 4.84. The number of hydrogen-bond donors (Lipinski definition) is 1. The van der Waals surface area contributed by atoms with Crippen LogP contribution in [0.4, 0.5) is 0 Å². The molecule has 3 rings (SSSR count). The van der Waals surface area contributed by atoms with E-state index in [1.807, 2.05) is 0 Å². The minimum atomic E-state index is 1.02. The molecular weight excluding hydrogens is 122 g/mol. The standard InChI is InChI=1S/C9H17N/c1-10-6-8-2-3-9(7-10)5-4-8/h8-10H,1-7H2. The van der Waals surface area contributed by atoms with Crippen LogP contribution < -0.4 is 4.90 Å². The average molecular weight is 139 g/mol. The highest BCUT2D eigenvalue weighted by Crippen LogP contribution is 2.28. The second-order valence-electron chi connectivity index (χ2n) is 4.04. The molecule has 0 aromatic carbocycles. The van der Waals surface area contributed by atoms with Crippen LogP contribution in [0.3, 0.4) is 0 Å². The fourth-order valence-electron chi connectivity index (χ4n) is 2.54. The highest BCUT2D eigenvalue weighted by molar-refractivity contribution is 4.74. The second kappa shape index (κ2) is 2.54. The van der Waals surface area contributed by atoms with E-state index in [0.29, 0.717) is 0 Å². The van der Waals surface area contributed by atoms with E-state index in [2.05, 4.69) is 7.05 Å². The van der Waals surface area contributed by atoms with Crippen molar-refractivity contribution in [2.75, 3.05) is 13.1 Å². The lowest BCUT2D eigenvalue weighted by Gasteiger charge is -2.19. The van der Waals surface area contributed by atoms with Crippen LogP contribution in [0.2, 0.25) is 0 Å². The third-order valence-corrected chi connectivity index (χ3v) is 3.12. The van der Waals surface area contributed by atoms with Gasteiger partial charge in [0.05, 0.1) is 13.1 Å². The number of fused-ring (bicyclic) bond motifs is 4. The smallest absolute Gasteiger partial charge is 0.0559 e. The first-order valence-electron chi connectivity index (χ1n) is 4.51. The molecular formula is C9H17N. The van der Waals surface area contributed by atoms with Gasteiger partial charge in [-0.05, 0) is 25.7 Å². The molecule has 0 amide bonds. The van der Waals surface area contributed by atoms with Crippen molar-refractivity contribution >= 4 is 0 Å². The molecule has 1 aliphatic carbocycles. The fourth-order valence-corrected chi connectivity index (χ4v) is 2.54. The van der Waals surface area contributed by atoms with Crippen LogP contribution in [0, 0.1) is 18.9 Å². The monoisotopic (exact) mass is 139 g/mol. The number of hydrogen-bond acceptors (Lipinski definition) is 0. The maximum atomic E-state index is 4.12. The lowest BCUT2D eigenvalue weighted by atomic mass is 9.84. The summed E-state index contributed by atoms with van der Waals surface area (Å²) in [4.78, 5) is 1.53. The molecule has 0 atom stereocenters. The Morgan fingerprint density at radius 2 is 1.30 bits per heavy atom. The summed E-state index contributed by atoms with van der Waals surface area (Å²) in [5.74, 6) is 2.04. The molecule has 1 heteroatoms. The van der Waals surface area contributed by atoms with E-state index in [1.54, 1.807) is 0 Å². The third-order valence-electron chi connectivity index (χ3n) is 3.12. The van der Waals surface area contributed by atoms with Gasteiger partial charge >= 0.3 is 0 Å². The van der Waals surface area contributed by atoms with Crippen molar-refractivity contribution in [3.05, 3.63) is 7.05 Å². The zero-order valence-corrected chi connectivity index (χ0v) is 6.60. The summed E-state index contributed by atoms with van der Waals surface area (Å²) in [7, 11) is 4.12. The van der Waals surface area contributed by atoms with Crippen LogP contribution in [0.25, 0.3) is 0 Å². The molecule has 1 saturated carbocycles. The molecule has 3 fully saturated rings. The van der Waals surface area contributed by atoms with Gasteiger partial charge in [-0.15, -0.1) is 0 Å². The fraction of sp³-hybridized carbons (Fsp3) is 0.889. The minimum absolute atomic E-state index is 1.02. The van der Waals surface area contributed by atoms with Crippen molar-refractivity contribution in [3.63, 3.8) is 0 Å². The Morgan fingerprint density at radius 1 is 0.900 bits per heavy atom. The number of rotatable bonds is 0. The SMILES string of the molecule is [CH2-][NH+]1CC2CCC(CC2)C1. The molecule has 2 bridgehead atoms. The van der Waals surface area contributed by atoms with Gasteiger partial charge < -0.3 is 4.90 Å². The molecule has 10 heavy (non-hydrogen) atoms. The zero-order valence-electron chi connectivity index (χ0n) is 6.60. The normalized spacial score (nSPS) is 47.1. The Balaban J connectivity index is 2.05. The maximum Gasteiger partial charge on any atom is 0.0559 e. The molecule has 2 saturated heterocycles. The van der Waals surface area contributed by atoms with Gasteiger partial charge in [-0.25, -0.2) is 0 Å². The maximum absolute atomic E-state index is 4.12. The van der Waals surface area contributed by atoms with Gasteiger partial charge in [0.15, 0.2) is 0 Å². The molecule has 58 valence electrons. The van der Waals surface area contributed by atoms with Crippen molar-refractivity contribution in [3.8, 4) is 0 Å². The topological polar surface area (TPSA) is 4.44 Å². The van der Waals surface area contributed by atoms with Crippen molar-refractivity contribution < 1.29 is 4.90 Å². The molecule has 3 aliphatic rings. The molecule has 0 radical (unpaired) electrons. The minimum Gasteiger partial charge on any atom is -0.467 e. The summed E-state index contributed by atoms with van der Waals surface area (Å²) in [6.45, 7) is 2.69. The van der Waals surface area contributed by atoms with E-state index in [9.17, 15) is 0 Å². The number of quaternary nitrogens is 1. The van der Waals surface area contributed by atoms with E-state index in [0.717, 1.165) is 11.8 Å². The lowest BCUT2D eigenvalue weighted by molar-refractivity contribution is -0.857. The van der Waals surface area contributed by atoms with Gasteiger partial charge in [-0.3, -0.25) is 0 Å². The van der Waals surface area contributed by atoms with Gasteiger partial charge in [0.2, 0.25) is 0 Å². The summed E-state index contributed by atoms with van der Waals surface area (Å²) < 4.78 is 0. The Hall–Kier alpha value is -0.0400. The molecule has 1 nitrogen and oxygen atoms in total. The van der Waals surface area contributed by atoms with Crippen molar-refractivity contribution in [2.45, 2.75) is 25.7 Å². The highest BCUT2D eigenvalue weighted by Gasteiger charge is 2.27. The van der Waals surface area contributed by atoms with Crippen molar-refractivity contribution in [1.29, 1.82) is 0 Å². The Labute approximate surface area is 63.4 Å². The van der Waals surface area contributed by atoms with Gasteiger partial charge in [-0.2, -0.15) is 7.05 Å². The van der Waals surface area contributed by atoms with Crippen LogP contribution >= 0.6 is 0 Å². The highest BCUT2D eigenvalue weighted by atomic mass is 15.1. The van der Waals surface area contributed by atoms with Crippen molar-refractivity contribution in [1.82, 2.24) is 0 Å². The third kappa shape index (κ3) is 1.20. The molecule has 0 aromatic rings. The van der Waals surface area contributed by atoms with Crippen LogP contribution in [0.5, 0.6) is 0 Å². The van der Waals surface area contributed by atoms with Crippen LogP contribution in [-0.4, -0.2) is 13.1 Å². The van der Waals surface area contributed by atoms with Gasteiger partial charge in [0.1, 0.15) is 0 Å². The first kappa shape index (κ1) is 6.66. The summed E-state index contributed by atoms with van der Waals surface area (Å²) in [5, 5.41) is 0. The number of nitrogens with one attached hydrogen (secondary N) is 1. The Morgan fingerprint density at radius 3 is 1.70 bits per heavy atom. The van der Waals surface area contributed by atoms with E-state index in [4.69, 9.17) is 0 Å². The van der Waals surface area contributed by atoms with E-state index < -0.39 is 0 Å². The van der Waals surface area contributed by atoms with E-state index >= 15 is 0 Å². The Kier molecular flexibility index (Phi) is 1.69. The zero-order chi connectivity index (χ0) is 6.97. The van der Waals surface area contributed by atoms with Crippen LogP contribution in [0.1, 0.15) is 25.7 Å². The van der Waals surface area contributed by atoms with E-state index in [1.165, 1.54) is 43.7 Å². The molecule has 2 aliphatic heterocycles. The summed E-state index contributed by atoms with van der Waals surface area (Å²) in [6, 6.07) is 0. The second-order valence-corrected chi connectivity index (χ2v) is 4.04. The largest absolute Gasteiger partial charge is 0.467 e.